The predicted molar refractivity (Wildman–Crippen MR) is 66.7 cm³/mol. The standard InChI is InChI=1S/C12H10ClN3O/c13-11-6-7-15-8-10(11)12(17)16(14)9-4-2-1-3-5-9/h1-8H,14H2. The van der Waals surface area contributed by atoms with Gasteiger partial charge < -0.3 is 0 Å². The summed E-state index contributed by atoms with van der Waals surface area (Å²) in [6, 6.07) is 10.5. The molecule has 0 fully saturated rings. The minimum Gasteiger partial charge on any atom is -0.267 e. The van der Waals surface area contributed by atoms with E-state index in [1.54, 1.807) is 30.3 Å². The molecule has 0 spiro atoms. The summed E-state index contributed by atoms with van der Waals surface area (Å²) in [6.07, 6.45) is 2.91. The molecule has 1 amide bonds. The van der Waals surface area contributed by atoms with Crippen LogP contribution in [0.5, 0.6) is 0 Å². The van der Waals surface area contributed by atoms with Gasteiger partial charge in [0, 0.05) is 12.4 Å². The zero-order valence-corrected chi connectivity index (χ0v) is 9.63. The Morgan fingerprint density at radius 2 is 1.94 bits per heavy atom. The Morgan fingerprint density at radius 3 is 2.59 bits per heavy atom. The van der Waals surface area contributed by atoms with Crippen LogP contribution in [-0.2, 0) is 0 Å². The Morgan fingerprint density at radius 1 is 1.24 bits per heavy atom. The molecule has 17 heavy (non-hydrogen) atoms. The average Bonchev–Trinajstić information content (AvgIpc) is 2.39. The monoisotopic (exact) mass is 247 g/mol. The fraction of sp³-hybridized carbons (Fsp3) is 0. The molecule has 0 saturated heterocycles. The van der Waals surface area contributed by atoms with Crippen molar-refractivity contribution in [2.45, 2.75) is 0 Å². The van der Waals surface area contributed by atoms with Gasteiger partial charge in [-0.25, -0.2) is 10.9 Å². The van der Waals surface area contributed by atoms with Gasteiger partial charge in [0.15, 0.2) is 0 Å². The van der Waals surface area contributed by atoms with Crippen LogP contribution < -0.4 is 10.9 Å². The lowest BCUT2D eigenvalue weighted by Crippen LogP contribution is -2.37. The maximum Gasteiger partial charge on any atom is 0.275 e. The number of hydrazine groups is 1. The van der Waals surface area contributed by atoms with Gasteiger partial charge in [-0.3, -0.25) is 9.78 Å². The molecule has 1 aromatic heterocycles. The highest BCUT2D eigenvalue weighted by molar-refractivity contribution is 6.34. The normalized spacial score (nSPS) is 10.0. The van der Waals surface area contributed by atoms with Crippen molar-refractivity contribution in [3.63, 3.8) is 0 Å². The third-order valence-electron chi connectivity index (χ3n) is 2.25. The summed E-state index contributed by atoms with van der Waals surface area (Å²) in [5.74, 6) is 5.34. The van der Waals surface area contributed by atoms with Crippen LogP contribution in [0.3, 0.4) is 0 Å². The molecule has 86 valence electrons. The first-order valence-electron chi connectivity index (χ1n) is 4.94. The number of amides is 1. The lowest BCUT2D eigenvalue weighted by Gasteiger charge is -2.16. The van der Waals surface area contributed by atoms with E-state index in [1.807, 2.05) is 6.07 Å². The van der Waals surface area contributed by atoms with Crippen molar-refractivity contribution in [2.75, 3.05) is 5.01 Å². The van der Waals surface area contributed by atoms with E-state index < -0.39 is 5.91 Å². The average molecular weight is 248 g/mol. The minimum absolute atomic E-state index is 0.278. The molecule has 2 rings (SSSR count). The second kappa shape index (κ2) is 4.95. The molecule has 0 aliphatic heterocycles. The summed E-state index contributed by atoms with van der Waals surface area (Å²) in [6.45, 7) is 0. The van der Waals surface area contributed by atoms with E-state index in [1.165, 1.54) is 12.4 Å². The Kier molecular flexibility index (Phi) is 3.37. The Bertz CT molecular complexity index is 530. The topological polar surface area (TPSA) is 59.2 Å². The summed E-state index contributed by atoms with van der Waals surface area (Å²) in [5, 5.41) is 1.37. The fourth-order valence-corrected chi connectivity index (χ4v) is 1.56. The van der Waals surface area contributed by atoms with Gasteiger partial charge in [0.1, 0.15) is 0 Å². The van der Waals surface area contributed by atoms with E-state index in [-0.39, 0.29) is 5.56 Å². The van der Waals surface area contributed by atoms with Crippen molar-refractivity contribution in [2.24, 2.45) is 5.84 Å². The lowest BCUT2D eigenvalue weighted by molar-refractivity contribution is 0.0986. The van der Waals surface area contributed by atoms with Crippen LogP contribution in [0.25, 0.3) is 0 Å². The number of nitrogens with two attached hydrogens (primary N) is 1. The second-order valence-electron chi connectivity index (χ2n) is 3.37. The Balaban J connectivity index is 2.30. The Labute approximate surface area is 104 Å². The third-order valence-corrected chi connectivity index (χ3v) is 2.58. The zero-order chi connectivity index (χ0) is 12.3. The summed E-state index contributed by atoms with van der Waals surface area (Å²) in [5.41, 5.74) is 0.873. The van der Waals surface area contributed by atoms with Crippen LogP contribution >= 0.6 is 11.6 Å². The first-order valence-corrected chi connectivity index (χ1v) is 5.31. The zero-order valence-electron chi connectivity index (χ0n) is 8.88. The van der Waals surface area contributed by atoms with Crippen LogP contribution in [0.1, 0.15) is 10.4 Å². The van der Waals surface area contributed by atoms with Gasteiger partial charge in [-0.2, -0.15) is 0 Å². The molecular weight excluding hydrogens is 238 g/mol. The van der Waals surface area contributed by atoms with Gasteiger partial charge in [0.2, 0.25) is 0 Å². The number of nitrogens with zero attached hydrogens (tertiary/aromatic N) is 2. The van der Waals surface area contributed by atoms with E-state index in [0.29, 0.717) is 10.7 Å². The number of para-hydroxylation sites is 1. The number of benzene rings is 1. The van der Waals surface area contributed by atoms with E-state index in [2.05, 4.69) is 4.98 Å². The number of anilines is 1. The molecule has 0 atom stereocenters. The van der Waals surface area contributed by atoms with Crippen molar-refractivity contribution in [1.82, 2.24) is 4.98 Å². The van der Waals surface area contributed by atoms with E-state index in [4.69, 9.17) is 17.4 Å². The fourth-order valence-electron chi connectivity index (χ4n) is 1.37. The summed E-state index contributed by atoms with van der Waals surface area (Å²) >= 11 is 5.91. The van der Waals surface area contributed by atoms with Gasteiger partial charge >= 0.3 is 0 Å². The van der Waals surface area contributed by atoms with Crippen LogP contribution in [0.15, 0.2) is 48.8 Å². The van der Waals surface area contributed by atoms with Gasteiger partial charge in [0.05, 0.1) is 16.3 Å². The number of aromatic nitrogens is 1. The molecule has 1 heterocycles. The summed E-state index contributed by atoms with van der Waals surface area (Å²) in [4.78, 5) is 15.9. The van der Waals surface area contributed by atoms with Crippen LogP contribution in [0.4, 0.5) is 5.69 Å². The number of hydrogen-bond acceptors (Lipinski definition) is 3. The molecule has 0 radical (unpaired) electrons. The van der Waals surface area contributed by atoms with Crippen LogP contribution in [0, 0.1) is 0 Å². The third kappa shape index (κ3) is 2.43. The number of halogens is 1. The van der Waals surface area contributed by atoms with Crippen molar-refractivity contribution in [3.8, 4) is 0 Å². The molecule has 2 N–H and O–H groups in total. The van der Waals surface area contributed by atoms with Gasteiger partial charge in [-0.15, -0.1) is 0 Å². The van der Waals surface area contributed by atoms with E-state index >= 15 is 0 Å². The molecule has 4 nitrogen and oxygen atoms in total. The number of carbonyl (C=O) groups is 1. The SMILES string of the molecule is NN(C(=O)c1cnccc1Cl)c1ccccc1. The second-order valence-corrected chi connectivity index (χ2v) is 3.77. The minimum atomic E-state index is -0.394. The first-order chi connectivity index (χ1) is 8.20. The van der Waals surface area contributed by atoms with Crippen LogP contribution in [-0.4, -0.2) is 10.9 Å². The lowest BCUT2D eigenvalue weighted by atomic mass is 10.2. The first kappa shape index (κ1) is 11.6. The molecule has 2 aromatic rings. The quantitative estimate of drug-likeness (QED) is 0.503. The summed E-state index contributed by atoms with van der Waals surface area (Å²) < 4.78 is 0. The number of hydrogen-bond donors (Lipinski definition) is 1. The predicted octanol–water partition coefficient (Wildman–Crippen LogP) is 2.26. The van der Waals surface area contributed by atoms with Crippen molar-refractivity contribution < 1.29 is 4.79 Å². The summed E-state index contributed by atoms with van der Waals surface area (Å²) in [7, 11) is 0. The number of rotatable bonds is 2. The smallest absolute Gasteiger partial charge is 0.267 e. The number of carbonyl (C=O) groups excluding carboxylic acids is 1. The Hall–Kier alpha value is -1.91. The van der Waals surface area contributed by atoms with Gasteiger partial charge in [-0.05, 0) is 18.2 Å². The molecule has 0 aliphatic rings. The van der Waals surface area contributed by atoms with E-state index in [0.717, 1.165) is 5.01 Å². The van der Waals surface area contributed by atoms with Crippen molar-refractivity contribution >= 4 is 23.2 Å². The van der Waals surface area contributed by atoms with Gasteiger partial charge in [-0.1, -0.05) is 29.8 Å². The highest BCUT2D eigenvalue weighted by Crippen LogP contribution is 2.18. The highest BCUT2D eigenvalue weighted by atomic mass is 35.5. The molecule has 5 heteroatoms. The maximum absolute atomic E-state index is 12.0. The molecule has 1 aromatic carbocycles. The number of pyridine rings is 1. The van der Waals surface area contributed by atoms with Gasteiger partial charge in [0.25, 0.3) is 5.91 Å². The van der Waals surface area contributed by atoms with Crippen molar-refractivity contribution in [1.29, 1.82) is 0 Å². The maximum atomic E-state index is 12.0. The molecule has 0 aliphatic carbocycles. The molecular formula is C12H10ClN3O. The van der Waals surface area contributed by atoms with E-state index in [9.17, 15) is 4.79 Å². The largest absolute Gasteiger partial charge is 0.275 e. The highest BCUT2D eigenvalue weighted by Gasteiger charge is 2.16. The van der Waals surface area contributed by atoms with Crippen molar-refractivity contribution in [3.05, 3.63) is 59.4 Å². The van der Waals surface area contributed by atoms with Crippen LogP contribution in [0.2, 0.25) is 5.02 Å². The molecule has 0 saturated carbocycles. The molecule has 0 unspecified atom stereocenters. The molecule has 0 bridgehead atoms.